The molecule has 1 aliphatic carbocycles. The molecule has 0 spiro atoms. The summed E-state index contributed by atoms with van der Waals surface area (Å²) in [6, 6.07) is 14.7. The second-order valence-corrected chi connectivity index (χ2v) is 10.8. The summed E-state index contributed by atoms with van der Waals surface area (Å²) in [6.45, 7) is 6.15. The maximum atomic E-state index is 13.2. The van der Waals surface area contributed by atoms with Gasteiger partial charge in [-0.25, -0.2) is 14.6 Å². The summed E-state index contributed by atoms with van der Waals surface area (Å²) in [5.74, 6) is 0.756. The van der Waals surface area contributed by atoms with Gasteiger partial charge in [-0.3, -0.25) is 14.0 Å². The van der Waals surface area contributed by atoms with Crippen molar-refractivity contribution >= 4 is 17.6 Å². The molecule has 0 unspecified atom stereocenters. The summed E-state index contributed by atoms with van der Waals surface area (Å²) < 4.78 is 11.8. The molecule has 1 aromatic carbocycles. The van der Waals surface area contributed by atoms with Gasteiger partial charge >= 0.3 is 11.8 Å². The molecule has 1 aliphatic rings. The molecule has 0 atom stereocenters. The SMILES string of the molecule is Cn1c(/C(=N/OCc2cccc(N(CCC3CCCCC3)C(=O)OC(C)(C)C)n2)c2ccccc2)noc1=O. The first-order valence-corrected chi connectivity index (χ1v) is 13.5. The zero-order valence-corrected chi connectivity index (χ0v) is 23.1. The molecular formula is C29H37N5O5. The van der Waals surface area contributed by atoms with Crippen LogP contribution in [-0.2, 0) is 23.2 Å². The van der Waals surface area contributed by atoms with Gasteiger partial charge in [0.05, 0.1) is 5.69 Å². The van der Waals surface area contributed by atoms with Crippen molar-refractivity contribution in [2.45, 2.75) is 71.5 Å². The Morgan fingerprint density at radius 3 is 2.51 bits per heavy atom. The lowest BCUT2D eigenvalue weighted by atomic mass is 9.87. The van der Waals surface area contributed by atoms with Gasteiger partial charge in [-0.1, -0.05) is 78.8 Å². The van der Waals surface area contributed by atoms with Crippen LogP contribution in [0.3, 0.4) is 0 Å². The highest BCUT2D eigenvalue weighted by atomic mass is 16.6. The topological polar surface area (TPSA) is 112 Å². The first kappa shape index (κ1) is 28.1. The van der Waals surface area contributed by atoms with Crippen LogP contribution in [0.15, 0.2) is 63.0 Å². The molecule has 0 bridgehead atoms. The van der Waals surface area contributed by atoms with Crippen molar-refractivity contribution in [3.05, 3.63) is 76.2 Å². The van der Waals surface area contributed by atoms with Crippen LogP contribution < -0.4 is 10.7 Å². The van der Waals surface area contributed by atoms with Gasteiger partial charge in [0.1, 0.15) is 11.4 Å². The Balaban J connectivity index is 1.53. The van der Waals surface area contributed by atoms with E-state index in [-0.39, 0.29) is 12.4 Å². The summed E-state index contributed by atoms with van der Waals surface area (Å²) in [5.41, 5.74) is 1.03. The summed E-state index contributed by atoms with van der Waals surface area (Å²) in [5, 5.41) is 8.13. The van der Waals surface area contributed by atoms with Crippen LogP contribution in [0.2, 0.25) is 0 Å². The maximum absolute atomic E-state index is 13.2. The zero-order chi connectivity index (χ0) is 27.8. The second-order valence-electron chi connectivity index (χ2n) is 10.8. The third kappa shape index (κ3) is 7.78. The molecule has 10 nitrogen and oxygen atoms in total. The number of rotatable bonds is 9. The number of nitrogens with zero attached hydrogens (tertiary/aromatic N) is 5. The molecule has 0 N–H and O–H groups in total. The normalized spacial score (nSPS) is 14.7. The van der Waals surface area contributed by atoms with Crippen LogP contribution in [0.25, 0.3) is 0 Å². The Labute approximate surface area is 228 Å². The van der Waals surface area contributed by atoms with Crippen molar-refractivity contribution in [1.29, 1.82) is 0 Å². The third-order valence-electron chi connectivity index (χ3n) is 6.60. The number of oxime groups is 1. The summed E-state index contributed by atoms with van der Waals surface area (Å²) in [6.07, 6.45) is 6.66. The van der Waals surface area contributed by atoms with Gasteiger partial charge in [-0.15, -0.1) is 0 Å². The van der Waals surface area contributed by atoms with Crippen LogP contribution in [0.1, 0.15) is 76.4 Å². The van der Waals surface area contributed by atoms with E-state index in [2.05, 4.69) is 10.3 Å². The zero-order valence-electron chi connectivity index (χ0n) is 23.1. The third-order valence-corrected chi connectivity index (χ3v) is 6.60. The maximum Gasteiger partial charge on any atom is 0.441 e. The lowest BCUT2D eigenvalue weighted by Crippen LogP contribution is -2.38. The average Bonchev–Trinajstić information content (AvgIpc) is 3.24. The molecule has 0 saturated heterocycles. The van der Waals surface area contributed by atoms with E-state index in [1.807, 2.05) is 63.2 Å². The van der Waals surface area contributed by atoms with E-state index in [0.717, 1.165) is 6.42 Å². The fourth-order valence-electron chi connectivity index (χ4n) is 4.58. The van der Waals surface area contributed by atoms with Crippen LogP contribution in [0, 0.1) is 5.92 Å². The Morgan fingerprint density at radius 1 is 1.10 bits per heavy atom. The Bertz CT molecular complexity index is 1320. The van der Waals surface area contributed by atoms with E-state index < -0.39 is 17.5 Å². The van der Waals surface area contributed by atoms with Gasteiger partial charge in [0, 0.05) is 19.2 Å². The molecule has 4 rings (SSSR count). The molecule has 208 valence electrons. The Kier molecular flexibility index (Phi) is 9.16. The molecule has 0 radical (unpaired) electrons. The second kappa shape index (κ2) is 12.7. The van der Waals surface area contributed by atoms with Crippen LogP contribution >= 0.6 is 0 Å². The van der Waals surface area contributed by atoms with Gasteiger partial charge in [-0.2, -0.15) is 0 Å². The number of aromatic nitrogens is 3. The highest BCUT2D eigenvalue weighted by molar-refractivity contribution is 6.10. The predicted octanol–water partition coefficient (Wildman–Crippen LogP) is 5.45. The van der Waals surface area contributed by atoms with Crippen molar-refractivity contribution in [3.8, 4) is 0 Å². The summed E-state index contributed by atoms with van der Waals surface area (Å²) in [7, 11) is 1.55. The fraction of sp³-hybridized carbons (Fsp3) is 0.483. The quantitative estimate of drug-likeness (QED) is 0.265. The minimum absolute atomic E-state index is 0.0424. The lowest BCUT2D eigenvalue weighted by Gasteiger charge is -2.29. The average molecular weight is 536 g/mol. The number of pyridine rings is 1. The lowest BCUT2D eigenvalue weighted by molar-refractivity contribution is 0.0576. The number of ether oxygens (including phenoxy) is 1. The molecular weight excluding hydrogens is 498 g/mol. The molecule has 2 aromatic heterocycles. The number of hydrogen-bond donors (Lipinski definition) is 0. The molecule has 2 heterocycles. The van der Waals surface area contributed by atoms with E-state index in [1.54, 1.807) is 18.0 Å². The predicted molar refractivity (Wildman–Crippen MR) is 148 cm³/mol. The van der Waals surface area contributed by atoms with Gasteiger partial charge < -0.3 is 9.57 Å². The van der Waals surface area contributed by atoms with E-state index in [9.17, 15) is 9.59 Å². The van der Waals surface area contributed by atoms with Crippen LogP contribution in [0.5, 0.6) is 0 Å². The van der Waals surface area contributed by atoms with Gasteiger partial charge in [0.15, 0.2) is 12.3 Å². The Hall–Kier alpha value is -3.95. The first-order valence-electron chi connectivity index (χ1n) is 13.5. The van der Waals surface area contributed by atoms with Crippen molar-refractivity contribution in [2.75, 3.05) is 11.4 Å². The number of benzene rings is 1. The Morgan fingerprint density at radius 2 is 1.85 bits per heavy atom. The van der Waals surface area contributed by atoms with Crippen LogP contribution in [0.4, 0.5) is 10.6 Å². The molecule has 1 amide bonds. The fourth-order valence-corrected chi connectivity index (χ4v) is 4.58. The van der Waals surface area contributed by atoms with E-state index >= 15 is 0 Å². The standard InChI is InChI=1S/C29H37N5O5/c1-29(2,3)38-28(36)34(19-18-21-12-7-5-8-13-21)24-17-11-16-23(30-24)20-37-31-25(22-14-9-6-10-15-22)26-32-39-27(35)33(26)4/h6,9-11,14-17,21H,5,7-8,12-13,18-20H2,1-4H3/b31-25+. The first-order chi connectivity index (χ1) is 18.7. The highest BCUT2D eigenvalue weighted by Gasteiger charge is 2.26. The van der Waals surface area contributed by atoms with Crippen molar-refractivity contribution in [1.82, 2.24) is 14.7 Å². The summed E-state index contributed by atoms with van der Waals surface area (Å²) >= 11 is 0. The molecule has 10 heteroatoms. The van der Waals surface area contributed by atoms with Crippen LogP contribution in [-0.4, -0.2) is 38.7 Å². The van der Waals surface area contributed by atoms with Crippen molar-refractivity contribution in [2.24, 2.45) is 18.1 Å². The number of carbonyl (C=O) groups excluding carboxylic acids is 1. The van der Waals surface area contributed by atoms with Gasteiger partial charge in [0.2, 0.25) is 5.82 Å². The molecule has 1 saturated carbocycles. The molecule has 3 aromatic rings. The number of anilines is 1. The van der Waals surface area contributed by atoms with E-state index in [1.165, 1.54) is 36.7 Å². The number of carbonyl (C=O) groups is 1. The summed E-state index contributed by atoms with van der Waals surface area (Å²) in [4.78, 5) is 37.0. The van der Waals surface area contributed by atoms with Gasteiger partial charge in [0.25, 0.3) is 0 Å². The number of hydrogen-bond acceptors (Lipinski definition) is 8. The minimum Gasteiger partial charge on any atom is -0.443 e. The number of amides is 1. The van der Waals surface area contributed by atoms with Crippen molar-refractivity contribution in [3.63, 3.8) is 0 Å². The molecule has 0 aliphatic heterocycles. The largest absolute Gasteiger partial charge is 0.443 e. The smallest absolute Gasteiger partial charge is 0.441 e. The minimum atomic E-state index is -0.620. The van der Waals surface area contributed by atoms with Crippen molar-refractivity contribution < 1.29 is 18.9 Å². The molecule has 1 fully saturated rings. The highest BCUT2D eigenvalue weighted by Crippen LogP contribution is 2.27. The molecule has 39 heavy (non-hydrogen) atoms. The van der Waals surface area contributed by atoms with E-state index in [0.29, 0.717) is 35.2 Å². The monoisotopic (exact) mass is 535 g/mol. The van der Waals surface area contributed by atoms with E-state index in [4.69, 9.17) is 19.1 Å². The van der Waals surface area contributed by atoms with Gasteiger partial charge in [-0.05, 0) is 45.2 Å².